The Labute approximate surface area is 61.4 Å². The van der Waals surface area contributed by atoms with E-state index >= 15 is 0 Å². The standard InChI is InChI=1S/C7H15NO2/c1-2-3-4-8-5-7(10)6-9/h2,7-10H,1,3-6H2/t7-/m0/s1. The Bertz CT molecular complexity index is 85.7. The van der Waals surface area contributed by atoms with Crippen LogP contribution in [-0.4, -0.2) is 36.0 Å². The molecular formula is C7H15NO2. The number of nitrogens with one attached hydrogen (secondary N) is 1. The molecule has 0 saturated heterocycles. The molecule has 0 heterocycles. The van der Waals surface area contributed by atoms with Crippen molar-refractivity contribution in [3.63, 3.8) is 0 Å². The molecule has 0 aliphatic rings. The minimum absolute atomic E-state index is 0.179. The van der Waals surface area contributed by atoms with Gasteiger partial charge in [0.05, 0.1) is 12.7 Å². The van der Waals surface area contributed by atoms with Crippen LogP contribution in [0.3, 0.4) is 0 Å². The Morgan fingerprint density at radius 3 is 2.80 bits per heavy atom. The molecule has 0 unspecified atom stereocenters. The van der Waals surface area contributed by atoms with Crippen molar-refractivity contribution in [2.45, 2.75) is 12.5 Å². The molecule has 0 aromatic rings. The molecule has 0 rings (SSSR count). The maximum atomic E-state index is 8.82. The third-order valence-electron chi connectivity index (χ3n) is 1.12. The highest BCUT2D eigenvalue weighted by atomic mass is 16.3. The minimum atomic E-state index is -0.634. The van der Waals surface area contributed by atoms with Crippen LogP contribution in [0.2, 0.25) is 0 Å². The third-order valence-corrected chi connectivity index (χ3v) is 1.12. The molecule has 0 bridgehead atoms. The van der Waals surface area contributed by atoms with Crippen molar-refractivity contribution in [1.82, 2.24) is 5.32 Å². The lowest BCUT2D eigenvalue weighted by Gasteiger charge is -2.06. The van der Waals surface area contributed by atoms with Gasteiger partial charge in [0.2, 0.25) is 0 Å². The fraction of sp³-hybridized carbons (Fsp3) is 0.714. The minimum Gasteiger partial charge on any atom is -0.394 e. The summed E-state index contributed by atoms with van der Waals surface area (Å²) in [5.74, 6) is 0. The number of hydrogen-bond acceptors (Lipinski definition) is 3. The van der Waals surface area contributed by atoms with E-state index < -0.39 is 6.10 Å². The lowest BCUT2D eigenvalue weighted by Crippen LogP contribution is -2.29. The topological polar surface area (TPSA) is 52.5 Å². The number of hydrogen-bond donors (Lipinski definition) is 3. The first-order valence-electron chi connectivity index (χ1n) is 3.41. The molecule has 60 valence electrons. The van der Waals surface area contributed by atoms with Gasteiger partial charge in [0.25, 0.3) is 0 Å². The van der Waals surface area contributed by atoms with E-state index in [9.17, 15) is 0 Å². The molecule has 0 radical (unpaired) electrons. The van der Waals surface area contributed by atoms with E-state index in [1.54, 1.807) is 6.08 Å². The van der Waals surface area contributed by atoms with Gasteiger partial charge in [-0.2, -0.15) is 0 Å². The van der Waals surface area contributed by atoms with Gasteiger partial charge in [-0.1, -0.05) is 6.08 Å². The third kappa shape index (κ3) is 5.75. The summed E-state index contributed by atoms with van der Waals surface area (Å²) in [4.78, 5) is 0. The van der Waals surface area contributed by atoms with Crippen LogP contribution in [0.5, 0.6) is 0 Å². The van der Waals surface area contributed by atoms with Crippen LogP contribution >= 0.6 is 0 Å². The molecular weight excluding hydrogens is 130 g/mol. The molecule has 1 atom stereocenters. The number of aliphatic hydroxyl groups is 2. The molecule has 0 fully saturated rings. The molecule has 10 heavy (non-hydrogen) atoms. The SMILES string of the molecule is C=CCCNC[C@H](O)CO. The number of rotatable bonds is 6. The summed E-state index contributed by atoms with van der Waals surface area (Å²) in [6.07, 6.45) is 2.06. The normalized spacial score (nSPS) is 13.0. The van der Waals surface area contributed by atoms with Crippen LogP contribution in [0.15, 0.2) is 12.7 Å². The van der Waals surface area contributed by atoms with Crippen molar-refractivity contribution in [3.8, 4) is 0 Å². The molecule has 0 aliphatic carbocycles. The van der Waals surface area contributed by atoms with Crippen molar-refractivity contribution in [2.24, 2.45) is 0 Å². The lowest BCUT2D eigenvalue weighted by molar-refractivity contribution is 0.0947. The summed E-state index contributed by atoms with van der Waals surface area (Å²) in [5, 5.41) is 20.2. The maximum Gasteiger partial charge on any atom is 0.0894 e. The Hall–Kier alpha value is -0.380. The molecule has 3 heteroatoms. The summed E-state index contributed by atoms with van der Waals surface area (Å²) in [6, 6.07) is 0. The van der Waals surface area contributed by atoms with Gasteiger partial charge >= 0.3 is 0 Å². The second-order valence-electron chi connectivity index (χ2n) is 2.12. The average Bonchev–Trinajstić information content (AvgIpc) is 1.98. The first-order valence-corrected chi connectivity index (χ1v) is 3.41. The molecule has 0 aromatic heterocycles. The van der Waals surface area contributed by atoms with Gasteiger partial charge < -0.3 is 15.5 Å². The molecule has 3 N–H and O–H groups in total. The van der Waals surface area contributed by atoms with E-state index in [4.69, 9.17) is 10.2 Å². The summed E-state index contributed by atoms with van der Waals surface area (Å²) in [7, 11) is 0. The quantitative estimate of drug-likeness (QED) is 0.349. The first-order chi connectivity index (χ1) is 4.81. The summed E-state index contributed by atoms with van der Waals surface area (Å²) in [5.41, 5.74) is 0. The van der Waals surface area contributed by atoms with Crippen LogP contribution < -0.4 is 5.32 Å². The van der Waals surface area contributed by atoms with Gasteiger partial charge in [0.1, 0.15) is 0 Å². The van der Waals surface area contributed by atoms with Crippen LogP contribution in [0.4, 0.5) is 0 Å². The van der Waals surface area contributed by atoms with Gasteiger partial charge in [-0.15, -0.1) is 6.58 Å². The largest absolute Gasteiger partial charge is 0.394 e. The highest BCUT2D eigenvalue weighted by molar-refractivity contribution is 4.68. The maximum absolute atomic E-state index is 8.82. The van der Waals surface area contributed by atoms with Gasteiger partial charge in [0, 0.05) is 6.54 Å². The fourth-order valence-electron chi connectivity index (χ4n) is 0.537. The second-order valence-corrected chi connectivity index (χ2v) is 2.12. The van der Waals surface area contributed by atoms with Gasteiger partial charge in [-0.3, -0.25) is 0 Å². The molecule has 0 aromatic carbocycles. The zero-order valence-corrected chi connectivity index (χ0v) is 6.08. The van der Waals surface area contributed by atoms with E-state index in [-0.39, 0.29) is 6.61 Å². The van der Waals surface area contributed by atoms with Crippen LogP contribution in [-0.2, 0) is 0 Å². The van der Waals surface area contributed by atoms with Gasteiger partial charge in [-0.25, -0.2) is 0 Å². The molecule has 0 aliphatic heterocycles. The van der Waals surface area contributed by atoms with Crippen LogP contribution in [0.1, 0.15) is 6.42 Å². The van der Waals surface area contributed by atoms with Gasteiger partial charge in [0.15, 0.2) is 0 Å². The van der Waals surface area contributed by atoms with Crippen LogP contribution in [0, 0.1) is 0 Å². The Kier molecular flexibility index (Phi) is 6.48. The molecule has 0 amide bonds. The fourth-order valence-corrected chi connectivity index (χ4v) is 0.537. The Balaban J connectivity index is 2.95. The average molecular weight is 145 g/mol. The smallest absolute Gasteiger partial charge is 0.0894 e. The molecule has 0 spiro atoms. The highest BCUT2D eigenvalue weighted by Gasteiger charge is 1.97. The summed E-state index contributed by atoms with van der Waals surface area (Å²) >= 11 is 0. The lowest BCUT2D eigenvalue weighted by atomic mass is 10.3. The van der Waals surface area contributed by atoms with E-state index in [1.807, 2.05) is 0 Å². The van der Waals surface area contributed by atoms with Crippen molar-refractivity contribution in [1.29, 1.82) is 0 Å². The van der Waals surface area contributed by atoms with E-state index in [2.05, 4.69) is 11.9 Å². The predicted molar refractivity (Wildman–Crippen MR) is 40.8 cm³/mol. The molecule has 0 saturated carbocycles. The summed E-state index contributed by atoms with van der Waals surface area (Å²) in [6.45, 7) is 4.62. The van der Waals surface area contributed by atoms with Crippen LogP contribution in [0.25, 0.3) is 0 Å². The Morgan fingerprint density at radius 1 is 1.60 bits per heavy atom. The number of aliphatic hydroxyl groups excluding tert-OH is 2. The van der Waals surface area contributed by atoms with E-state index in [1.165, 1.54) is 0 Å². The second kappa shape index (κ2) is 6.74. The van der Waals surface area contributed by atoms with Gasteiger partial charge in [-0.05, 0) is 13.0 Å². The zero-order valence-electron chi connectivity index (χ0n) is 6.08. The van der Waals surface area contributed by atoms with E-state index in [0.717, 1.165) is 13.0 Å². The van der Waals surface area contributed by atoms with Crippen molar-refractivity contribution in [3.05, 3.63) is 12.7 Å². The molecule has 3 nitrogen and oxygen atoms in total. The van der Waals surface area contributed by atoms with E-state index in [0.29, 0.717) is 6.54 Å². The highest BCUT2D eigenvalue weighted by Crippen LogP contribution is 1.78. The Morgan fingerprint density at radius 2 is 2.30 bits per heavy atom. The monoisotopic (exact) mass is 145 g/mol. The first kappa shape index (κ1) is 9.62. The van der Waals surface area contributed by atoms with Crippen molar-refractivity contribution in [2.75, 3.05) is 19.7 Å². The summed E-state index contributed by atoms with van der Waals surface area (Å²) < 4.78 is 0. The van der Waals surface area contributed by atoms with Crippen molar-refractivity contribution < 1.29 is 10.2 Å². The predicted octanol–water partition coefficient (Wildman–Crippen LogP) is -0.495. The zero-order chi connectivity index (χ0) is 7.82. The van der Waals surface area contributed by atoms with Crippen molar-refractivity contribution >= 4 is 0 Å².